The molecule has 0 bridgehead atoms. The third-order valence-corrected chi connectivity index (χ3v) is 4.15. The average Bonchev–Trinajstić information content (AvgIpc) is 2.44. The second-order valence-corrected chi connectivity index (χ2v) is 5.24. The maximum atomic E-state index is 13.9. The molecule has 0 aliphatic carbocycles. The van der Waals surface area contributed by atoms with Gasteiger partial charge in [0.05, 0.1) is 11.1 Å². The Bertz CT molecular complexity index is 652. The minimum atomic E-state index is -1.55. The summed E-state index contributed by atoms with van der Waals surface area (Å²) in [6, 6.07) is 6.03. The molecule has 1 unspecified atom stereocenters. The minimum Gasteiger partial charge on any atom is -0.271 e. The zero-order chi connectivity index (χ0) is 14.9. The van der Waals surface area contributed by atoms with E-state index in [2.05, 4.69) is 21.4 Å². The Morgan fingerprint density at radius 1 is 1.05 bits per heavy atom. The highest BCUT2D eigenvalue weighted by atomic mass is 79.9. The molecule has 2 aromatic rings. The first-order valence-corrected chi connectivity index (χ1v) is 6.68. The molecule has 2 aromatic carbocycles. The molecule has 0 saturated carbocycles. The van der Waals surface area contributed by atoms with E-state index in [1.54, 1.807) is 18.2 Å². The van der Waals surface area contributed by atoms with Gasteiger partial charge in [0.15, 0.2) is 17.5 Å². The highest BCUT2D eigenvalue weighted by Crippen LogP contribution is 2.34. The molecule has 7 heteroatoms. The molecule has 0 aliphatic rings. The molecule has 0 aromatic heterocycles. The van der Waals surface area contributed by atoms with Gasteiger partial charge in [-0.2, -0.15) is 0 Å². The summed E-state index contributed by atoms with van der Waals surface area (Å²) in [6.45, 7) is 0. The maximum absolute atomic E-state index is 13.9. The van der Waals surface area contributed by atoms with Gasteiger partial charge in [-0.25, -0.2) is 18.6 Å². The monoisotopic (exact) mass is 364 g/mol. The topological polar surface area (TPSA) is 38.0 Å². The van der Waals surface area contributed by atoms with E-state index in [9.17, 15) is 13.2 Å². The summed E-state index contributed by atoms with van der Waals surface area (Å²) in [5, 5.41) is 0.305. The van der Waals surface area contributed by atoms with E-state index in [0.717, 1.165) is 12.1 Å². The van der Waals surface area contributed by atoms with Crippen LogP contribution in [-0.2, 0) is 0 Å². The van der Waals surface area contributed by atoms with Gasteiger partial charge >= 0.3 is 0 Å². The summed E-state index contributed by atoms with van der Waals surface area (Å²) in [4.78, 5) is 0. The Balaban J connectivity index is 2.59. The quantitative estimate of drug-likeness (QED) is 0.489. The fraction of sp³-hybridized carbons (Fsp3) is 0.0769. The van der Waals surface area contributed by atoms with E-state index >= 15 is 0 Å². The van der Waals surface area contributed by atoms with Gasteiger partial charge in [0, 0.05) is 10.0 Å². The van der Waals surface area contributed by atoms with Crippen LogP contribution in [0.2, 0.25) is 5.02 Å². The number of benzene rings is 2. The van der Waals surface area contributed by atoms with Crippen molar-refractivity contribution in [1.82, 2.24) is 5.43 Å². The lowest BCUT2D eigenvalue weighted by atomic mass is 9.98. The van der Waals surface area contributed by atoms with E-state index < -0.39 is 23.5 Å². The van der Waals surface area contributed by atoms with Gasteiger partial charge in [-0.3, -0.25) is 5.84 Å². The lowest BCUT2D eigenvalue weighted by Crippen LogP contribution is -2.30. The zero-order valence-corrected chi connectivity index (χ0v) is 12.3. The van der Waals surface area contributed by atoms with Crippen LogP contribution in [0.25, 0.3) is 0 Å². The van der Waals surface area contributed by atoms with Crippen LogP contribution >= 0.6 is 27.5 Å². The van der Waals surface area contributed by atoms with Crippen LogP contribution in [0.3, 0.4) is 0 Å². The minimum absolute atomic E-state index is 0.133. The molecule has 0 saturated heterocycles. The molecule has 106 valence electrons. The largest absolute Gasteiger partial charge is 0.271 e. The van der Waals surface area contributed by atoms with Gasteiger partial charge in [0.25, 0.3) is 0 Å². The summed E-state index contributed by atoms with van der Waals surface area (Å²) < 4.78 is 40.7. The number of rotatable bonds is 3. The Hall–Kier alpha value is -1.08. The predicted octanol–water partition coefficient (Wildman–Crippen LogP) is 4.07. The van der Waals surface area contributed by atoms with Crippen LogP contribution < -0.4 is 11.3 Å². The Kier molecular flexibility index (Phi) is 4.70. The van der Waals surface area contributed by atoms with Crippen molar-refractivity contribution in [3.63, 3.8) is 0 Å². The van der Waals surface area contributed by atoms with Crippen molar-refractivity contribution in [3.05, 3.63) is 68.4 Å². The van der Waals surface area contributed by atoms with Crippen molar-refractivity contribution in [2.45, 2.75) is 6.04 Å². The van der Waals surface area contributed by atoms with E-state index in [4.69, 9.17) is 17.4 Å². The molecule has 0 spiro atoms. The van der Waals surface area contributed by atoms with Crippen LogP contribution in [0.15, 0.2) is 34.8 Å². The number of nitrogens with two attached hydrogens (primary N) is 1. The van der Waals surface area contributed by atoms with Crippen molar-refractivity contribution >= 4 is 27.5 Å². The standard InChI is InChI=1S/C13H9BrClF3N2/c14-8-3-1-2-6(10(8)15)13(20-19)7-4-5-9(16)12(18)11(7)17/h1-5,13,20H,19H2. The smallest absolute Gasteiger partial charge is 0.194 e. The Labute approximate surface area is 126 Å². The van der Waals surface area contributed by atoms with Crippen LogP contribution in [0.1, 0.15) is 17.2 Å². The van der Waals surface area contributed by atoms with Crippen LogP contribution in [-0.4, -0.2) is 0 Å². The Morgan fingerprint density at radius 3 is 2.40 bits per heavy atom. The summed E-state index contributed by atoms with van der Waals surface area (Å²) in [7, 11) is 0. The normalized spacial score (nSPS) is 12.5. The second-order valence-electron chi connectivity index (χ2n) is 4.01. The third kappa shape index (κ3) is 2.69. The fourth-order valence-corrected chi connectivity index (χ4v) is 2.47. The molecule has 0 radical (unpaired) electrons. The van der Waals surface area contributed by atoms with Gasteiger partial charge in [-0.15, -0.1) is 0 Å². The molecule has 20 heavy (non-hydrogen) atoms. The summed E-state index contributed by atoms with van der Waals surface area (Å²) in [6.07, 6.45) is 0. The first-order valence-electron chi connectivity index (χ1n) is 5.50. The third-order valence-electron chi connectivity index (χ3n) is 2.84. The summed E-state index contributed by atoms with van der Waals surface area (Å²) >= 11 is 9.34. The molecule has 0 aliphatic heterocycles. The van der Waals surface area contributed by atoms with Gasteiger partial charge < -0.3 is 0 Å². The number of halogens is 5. The maximum Gasteiger partial charge on any atom is 0.194 e. The number of hydrogen-bond acceptors (Lipinski definition) is 2. The molecule has 1 atom stereocenters. The highest BCUT2D eigenvalue weighted by Gasteiger charge is 2.23. The number of nitrogens with one attached hydrogen (secondary N) is 1. The lowest BCUT2D eigenvalue weighted by Gasteiger charge is -2.19. The second kappa shape index (κ2) is 6.13. The zero-order valence-electron chi connectivity index (χ0n) is 9.93. The number of hydrogen-bond donors (Lipinski definition) is 2. The van der Waals surface area contributed by atoms with Gasteiger partial charge in [-0.05, 0) is 33.6 Å². The molecular formula is C13H9BrClF3N2. The molecule has 2 nitrogen and oxygen atoms in total. The van der Waals surface area contributed by atoms with Crippen molar-refractivity contribution < 1.29 is 13.2 Å². The van der Waals surface area contributed by atoms with Crippen molar-refractivity contribution in [2.24, 2.45) is 5.84 Å². The van der Waals surface area contributed by atoms with Crippen LogP contribution in [0.5, 0.6) is 0 Å². The van der Waals surface area contributed by atoms with Crippen molar-refractivity contribution in [2.75, 3.05) is 0 Å². The predicted molar refractivity (Wildman–Crippen MR) is 74.6 cm³/mol. The van der Waals surface area contributed by atoms with Gasteiger partial charge in [0.1, 0.15) is 0 Å². The van der Waals surface area contributed by atoms with E-state index in [0.29, 0.717) is 15.1 Å². The van der Waals surface area contributed by atoms with Gasteiger partial charge in [0.2, 0.25) is 0 Å². The Morgan fingerprint density at radius 2 is 1.75 bits per heavy atom. The van der Waals surface area contributed by atoms with Crippen LogP contribution in [0, 0.1) is 17.5 Å². The molecule has 3 N–H and O–H groups in total. The first-order chi connectivity index (χ1) is 9.47. The fourth-order valence-electron chi connectivity index (χ4n) is 1.85. The van der Waals surface area contributed by atoms with Gasteiger partial charge in [-0.1, -0.05) is 29.8 Å². The van der Waals surface area contributed by atoms with Crippen molar-refractivity contribution in [1.29, 1.82) is 0 Å². The highest BCUT2D eigenvalue weighted by molar-refractivity contribution is 9.10. The lowest BCUT2D eigenvalue weighted by molar-refractivity contribution is 0.433. The molecular weight excluding hydrogens is 357 g/mol. The average molecular weight is 366 g/mol. The van der Waals surface area contributed by atoms with Crippen molar-refractivity contribution in [3.8, 4) is 0 Å². The van der Waals surface area contributed by atoms with E-state index in [1.165, 1.54) is 0 Å². The molecule has 0 heterocycles. The van der Waals surface area contributed by atoms with E-state index in [1.807, 2.05) is 0 Å². The van der Waals surface area contributed by atoms with Crippen LogP contribution in [0.4, 0.5) is 13.2 Å². The van der Waals surface area contributed by atoms with E-state index in [-0.39, 0.29) is 5.56 Å². The molecule has 0 fully saturated rings. The first kappa shape index (κ1) is 15.3. The SMILES string of the molecule is NNC(c1ccc(F)c(F)c1F)c1cccc(Br)c1Cl. The molecule has 0 amide bonds. The summed E-state index contributed by atoms with van der Waals surface area (Å²) in [5.74, 6) is 1.30. The summed E-state index contributed by atoms with van der Waals surface area (Å²) in [5.41, 5.74) is 2.66. The number of hydrazine groups is 1. The molecule has 2 rings (SSSR count).